The Hall–Kier alpha value is -3.33. The lowest BCUT2D eigenvalue weighted by Gasteiger charge is -2.09. The summed E-state index contributed by atoms with van der Waals surface area (Å²) in [5.41, 5.74) is 1.50. The summed E-state index contributed by atoms with van der Waals surface area (Å²) in [7, 11) is -1.90. The highest BCUT2D eigenvalue weighted by atomic mass is 32.2. The summed E-state index contributed by atoms with van der Waals surface area (Å²) < 4.78 is 29.1. The molecule has 28 heavy (non-hydrogen) atoms. The van der Waals surface area contributed by atoms with Crippen molar-refractivity contribution in [3.8, 4) is 22.8 Å². The number of H-pyrrole nitrogens is 1. The Morgan fingerprint density at radius 3 is 2.54 bits per heavy atom. The Morgan fingerprint density at radius 1 is 1.18 bits per heavy atom. The molecule has 8 nitrogen and oxygen atoms in total. The number of anilines is 1. The van der Waals surface area contributed by atoms with Gasteiger partial charge in [0.15, 0.2) is 9.84 Å². The minimum atomic E-state index is -3.47. The average Bonchev–Trinajstić information content (AvgIpc) is 3.20. The second-order valence-corrected chi connectivity index (χ2v) is 8.21. The van der Waals surface area contributed by atoms with Crippen molar-refractivity contribution in [1.29, 1.82) is 0 Å². The second kappa shape index (κ2) is 7.73. The normalized spacial score (nSPS) is 11.2. The number of rotatable bonds is 6. The van der Waals surface area contributed by atoms with Crippen LogP contribution in [0.4, 0.5) is 5.69 Å². The predicted molar refractivity (Wildman–Crippen MR) is 104 cm³/mol. The Morgan fingerprint density at radius 2 is 1.89 bits per heavy atom. The van der Waals surface area contributed by atoms with Gasteiger partial charge >= 0.3 is 0 Å². The van der Waals surface area contributed by atoms with Crippen LogP contribution in [0.15, 0.2) is 53.4 Å². The number of amides is 1. The van der Waals surface area contributed by atoms with Gasteiger partial charge in [0.25, 0.3) is 5.91 Å². The Labute approximate surface area is 162 Å². The SMILES string of the molecule is CCS(=O)(=O)c1ccc(O)c(NC(=O)c2cc(-c3ccc(OC)cc3)n[nH]2)c1. The molecule has 0 unspecified atom stereocenters. The van der Waals surface area contributed by atoms with Gasteiger partial charge in [0.1, 0.15) is 17.2 Å². The molecule has 3 rings (SSSR count). The number of ether oxygens (including phenoxy) is 1. The molecule has 0 aliphatic carbocycles. The van der Waals surface area contributed by atoms with Gasteiger partial charge in [-0.05, 0) is 48.5 Å². The Kier molecular flexibility index (Phi) is 5.36. The molecule has 0 radical (unpaired) electrons. The maximum Gasteiger partial charge on any atom is 0.273 e. The lowest BCUT2D eigenvalue weighted by atomic mass is 10.1. The van der Waals surface area contributed by atoms with E-state index in [1.807, 2.05) is 12.1 Å². The summed E-state index contributed by atoms with van der Waals surface area (Å²) in [6.07, 6.45) is 0. The molecule has 0 fully saturated rings. The third kappa shape index (κ3) is 3.99. The first-order valence-electron chi connectivity index (χ1n) is 8.41. The molecule has 2 aromatic carbocycles. The first-order chi connectivity index (χ1) is 13.3. The number of hydrogen-bond acceptors (Lipinski definition) is 6. The smallest absolute Gasteiger partial charge is 0.273 e. The van der Waals surface area contributed by atoms with Crippen LogP contribution in [-0.2, 0) is 9.84 Å². The number of sulfone groups is 1. The fourth-order valence-electron chi connectivity index (χ4n) is 2.51. The number of phenolic OH excluding ortho intramolecular Hbond substituents is 1. The number of aromatic hydroxyl groups is 1. The zero-order chi connectivity index (χ0) is 20.3. The summed E-state index contributed by atoms with van der Waals surface area (Å²) in [5, 5.41) is 19.2. The maximum absolute atomic E-state index is 12.5. The van der Waals surface area contributed by atoms with E-state index in [1.165, 1.54) is 25.1 Å². The lowest BCUT2D eigenvalue weighted by molar-refractivity contribution is 0.102. The summed E-state index contributed by atoms with van der Waals surface area (Å²) in [4.78, 5) is 12.5. The van der Waals surface area contributed by atoms with E-state index in [4.69, 9.17) is 4.74 Å². The topological polar surface area (TPSA) is 121 Å². The first-order valence-corrected chi connectivity index (χ1v) is 10.1. The summed E-state index contributed by atoms with van der Waals surface area (Å²) in [5.74, 6) is -0.182. The van der Waals surface area contributed by atoms with Crippen LogP contribution in [-0.4, -0.2) is 42.5 Å². The molecule has 0 saturated carbocycles. The van der Waals surface area contributed by atoms with Crippen LogP contribution in [0.1, 0.15) is 17.4 Å². The maximum atomic E-state index is 12.5. The van der Waals surface area contributed by atoms with E-state index in [2.05, 4.69) is 15.5 Å². The molecule has 1 heterocycles. The van der Waals surface area contributed by atoms with Crippen LogP contribution in [0.2, 0.25) is 0 Å². The number of benzene rings is 2. The molecule has 1 aromatic heterocycles. The number of nitrogens with one attached hydrogen (secondary N) is 2. The van der Waals surface area contributed by atoms with Crippen molar-refractivity contribution in [2.45, 2.75) is 11.8 Å². The fraction of sp³-hybridized carbons (Fsp3) is 0.158. The second-order valence-electron chi connectivity index (χ2n) is 5.93. The molecule has 0 aliphatic rings. The van der Waals surface area contributed by atoms with Gasteiger partial charge in [-0.2, -0.15) is 5.10 Å². The fourth-order valence-corrected chi connectivity index (χ4v) is 3.42. The number of aromatic amines is 1. The summed E-state index contributed by atoms with van der Waals surface area (Å²) in [6.45, 7) is 1.52. The van der Waals surface area contributed by atoms with Crippen LogP contribution in [0.5, 0.6) is 11.5 Å². The average molecular weight is 401 g/mol. The first kappa shape index (κ1) is 19.4. The summed E-state index contributed by atoms with van der Waals surface area (Å²) >= 11 is 0. The minimum absolute atomic E-state index is 0.000113. The van der Waals surface area contributed by atoms with Crippen LogP contribution >= 0.6 is 0 Å². The Bertz CT molecular complexity index is 1100. The van der Waals surface area contributed by atoms with Crippen LogP contribution in [0, 0.1) is 0 Å². The molecule has 0 bridgehead atoms. The standard InChI is InChI=1S/C19H19N3O5S/c1-3-28(25,26)14-8-9-18(23)16(10-14)20-19(24)17-11-15(21-22-17)12-4-6-13(27-2)7-5-12/h4-11,23H,3H2,1-2H3,(H,20,24)(H,21,22). The van der Waals surface area contributed by atoms with E-state index in [-0.39, 0.29) is 27.8 Å². The van der Waals surface area contributed by atoms with E-state index in [0.29, 0.717) is 11.4 Å². The highest BCUT2D eigenvalue weighted by Crippen LogP contribution is 2.28. The van der Waals surface area contributed by atoms with E-state index < -0.39 is 15.7 Å². The molecule has 0 spiro atoms. The van der Waals surface area contributed by atoms with E-state index in [0.717, 1.165) is 5.56 Å². The van der Waals surface area contributed by atoms with Gasteiger partial charge < -0.3 is 15.2 Å². The van der Waals surface area contributed by atoms with Crippen molar-refractivity contribution in [3.63, 3.8) is 0 Å². The molecule has 0 aliphatic heterocycles. The van der Waals surface area contributed by atoms with E-state index >= 15 is 0 Å². The van der Waals surface area contributed by atoms with Crippen LogP contribution < -0.4 is 10.1 Å². The lowest BCUT2D eigenvalue weighted by Crippen LogP contribution is -2.13. The van der Waals surface area contributed by atoms with Gasteiger partial charge in [-0.15, -0.1) is 0 Å². The zero-order valence-corrected chi connectivity index (χ0v) is 16.1. The van der Waals surface area contributed by atoms with Gasteiger partial charge in [0.05, 0.1) is 29.1 Å². The largest absolute Gasteiger partial charge is 0.506 e. The number of carbonyl (C=O) groups excluding carboxylic acids is 1. The monoisotopic (exact) mass is 401 g/mol. The van der Waals surface area contributed by atoms with Crippen LogP contribution in [0.3, 0.4) is 0 Å². The van der Waals surface area contributed by atoms with E-state index in [9.17, 15) is 18.3 Å². The van der Waals surface area contributed by atoms with Crippen molar-refractivity contribution < 1.29 is 23.1 Å². The number of phenols is 1. The molecule has 1 amide bonds. The third-order valence-corrected chi connectivity index (χ3v) is 5.90. The van der Waals surface area contributed by atoms with Crippen molar-refractivity contribution in [1.82, 2.24) is 10.2 Å². The number of methoxy groups -OCH3 is 1. The van der Waals surface area contributed by atoms with Crippen molar-refractivity contribution in [2.24, 2.45) is 0 Å². The third-order valence-electron chi connectivity index (χ3n) is 4.16. The molecule has 9 heteroatoms. The van der Waals surface area contributed by atoms with Crippen LogP contribution in [0.25, 0.3) is 11.3 Å². The molecule has 0 atom stereocenters. The number of nitrogens with zero attached hydrogens (tertiary/aromatic N) is 1. The minimum Gasteiger partial charge on any atom is -0.506 e. The van der Waals surface area contributed by atoms with E-state index in [1.54, 1.807) is 25.3 Å². The van der Waals surface area contributed by atoms with Gasteiger partial charge in [-0.1, -0.05) is 6.92 Å². The number of aromatic nitrogens is 2. The molecule has 3 N–H and O–H groups in total. The Balaban J connectivity index is 1.82. The zero-order valence-electron chi connectivity index (χ0n) is 15.3. The molecule has 3 aromatic rings. The van der Waals surface area contributed by atoms with Gasteiger partial charge in [0, 0.05) is 5.56 Å². The number of hydrogen-bond donors (Lipinski definition) is 3. The highest BCUT2D eigenvalue weighted by Gasteiger charge is 2.17. The molecule has 0 saturated heterocycles. The van der Waals surface area contributed by atoms with Gasteiger partial charge in [-0.3, -0.25) is 9.89 Å². The number of carbonyl (C=O) groups is 1. The predicted octanol–water partition coefficient (Wildman–Crippen LogP) is 2.84. The molecule has 146 valence electrons. The quantitative estimate of drug-likeness (QED) is 0.546. The van der Waals surface area contributed by atoms with Gasteiger partial charge in [-0.25, -0.2) is 8.42 Å². The summed E-state index contributed by atoms with van der Waals surface area (Å²) in [6, 6.07) is 12.5. The highest BCUT2D eigenvalue weighted by molar-refractivity contribution is 7.91. The molecular formula is C19H19N3O5S. The van der Waals surface area contributed by atoms with Crippen molar-refractivity contribution in [3.05, 3.63) is 54.2 Å². The van der Waals surface area contributed by atoms with Crippen molar-refractivity contribution in [2.75, 3.05) is 18.2 Å². The van der Waals surface area contributed by atoms with Crippen molar-refractivity contribution >= 4 is 21.4 Å². The molecular weight excluding hydrogens is 382 g/mol. The van der Waals surface area contributed by atoms with Gasteiger partial charge in [0.2, 0.25) is 0 Å².